The van der Waals surface area contributed by atoms with E-state index in [0.29, 0.717) is 0 Å². The second-order valence-corrected chi connectivity index (χ2v) is 6.06. The van der Waals surface area contributed by atoms with Crippen molar-refractivity contribution in [2.45, 2.75) is 64.8 Å². The van der Waals surface area contributed by atoms with Crippen LogP contribution in [0.3, 0.4) is 0 Å². The second kappa shape index (κ2) is 5.34. The Morgan fingerprint density at radius 1 is 1.00 bits per heavy atom. The van der Waals surface area contributed by atoms with Crippen LogP contribution in [0.5, 0.6) is 0 Å². The average molecular weight is 209 g/mol. The van der Waals surface area contributed by atoms with E-state index < -0.39 is 0 Å². The molecule has 0 amide bonds. The molecule has 2 aliphatic carbocycles. The Hall–Kier alpha value is -0.0400. The van der Waals surface area contributed by atoms with Gasteiger partial charge in [0.15, 0.2) is 0 Å². The lowest BCUT2D eigenvalue weighted by atomic mass is 9.82. The summed E-state index contributed by atoms with van der Waals surface area (Å²) in [6.07, 6.45) is 10.2. The lowest BCUT2D eigenvalue weighted by molar-refractivity contribution is 0.260. The number of rotatable bonds is 3. The Morgan fingerprint density at radius 2 is 1.80 bits per heavy atom. The fraction of sp³-hybridized carbons (Fsp3) is 1.00. The van der Waals surface area contributed by atoms with Crippen LogP contribution in [0.2, 0.25) is 0 Å². The molecular weight excluding hydrogens is 182 g/mol. The van der Waals surface area contributed by atoms with Crippen molar-refractivity contribution in [2.24, 2.45) is 17.8 Å². The van der Waals surface area contributed by atoms with Crippen LogP contribution in [0.4, 0.5) is 0 Å². The fourth-order valence-corrected chi connectivity index (χ4v) is 3.51. The van der Waals surface area contributed by atoms with Crippen molar-refractivity contribution in [2.75, 3.05) is 6.54 Å². The van der Waals surface area contributed by atoms with Crippen LogP contribution in [-0.4, -0.2) is 12.6 Å². The topological polar surface area (TPSA) is 12.0 Å². The minimum absolute atomic E-state index is 0.835. The van der Waals surface area contributed by atoms with Crippen LogP contribution < -0.4 is 5.32 Å². The van der Waals surface area contributed by atoms with Crippen molar-refractivity contribution in [3.63, 3.8) is 0 Å². The normalized spacial score (nSPS) is 42.0. The first-order valence-corrected chi connectivity index (χ1v) is 6.99. The minimum atomic E-state index is 0.835. The molecule has 0 aromatic heterocycles. The second-order valence-electron chi connectivity index (χ2n) is 6.06. The third-order valence-corrected chi connectivity index (χ3v) is 4.58. The van der Waals surface area contributed by atoms with Crippen molar-refractivity contribution < 1.29 is 0 Å². The van der Waals surface area contributed by atoms with E-state index in [1.807, 2.05) is 0 Å². The summed E-state index contributed by atoms with van der Waals surface area (Å²) in [7, 11) is 0. The highest BCUT2D eigenvalue weighted by molar-refractivity contribution is 4.82. The van der Waals surface area contributed by atoms with Crippen LogP contribution in [0.1, 0.15) is 58.8 Å². The first kappa shape index (κ1) is 11.4. The van der Waals surface area contributed by atoms with Crippen LogP contribution in [0, 0.1) is 17.8 Å². The van der Waals surface area contributed by atoms with Gasteiger partial charge in [0.2, 0.25) is 0 Å². The standard InChI is InChI=1S/C14H27N/c1-11-5-3-7-13(9-11)10-15-14-8-4-6-12(14)2/h11-15H,3-10H2,1-2H3. The first-order valence-electron chi connectivity index (χ1n) is 6.99. The number of hydrogen-bond donors (Lipinski definition) is 1. The maximum absolute atomic E-state index is 3.82. The molecule has 1 N–H and O–H groups in total. The monoisotopic (exact) mass is 209 g/mol. The maximum atomic E-state index is 3.82. The van der Waals surface area contributed by atoms with E-state index in [4.69, 9.17) is 0 Å². The van der Waals surface area contributed by atoms with Crippen LogP contribution >= 0.6 is 0 Å². The molecule has 15 heavy (non-hydrogen) atoms. The van der Waals surface area contributed by atoms with Gasteiger partial charge in [-0.2, -0.15) is 0 Å². The van der Waals surface area contributed by atoms with Gasteiger partial charge >= 0.3 is 0 Å². The molecule has 4 atom stereocenters. The lowest BCUT2D eigenvalue weighted by Gasteiger charge is -2.29. The third kappa shape index (κ3) is 3.21. The van der Waals surface area contributed by atoms with Gasteiger partial charge in [0.1, 0.15) is 0 Å². The van der Waals surface area contributed by atoms with Crippen molar-refractivity contribution >= 4 is 0 Å². The van der Waals surface area contributed by atoms with Gasteiger partial charge in [-0.05, 0) is 50.0 Å². The zero-order chi connectivity index (χ0) is 10.7. The van der Waals surface area contributed by atoms with Crippen LogP contribution in [0.15, 0.2) is 0 Å². The molecular formula is C14H27N. The fourth-order valence-electron chi connectivity index (χ4n) is 3.51. The summed E-state index contributed by atoms with van der Waals surface area (Å²) in [4.78, 5) is 0. The van der Waals surface area contributed by atoms with E-state index >= 15 is 0 Å². The Labute approximate surface area is 95.0 Å². The van der Waals surface area contributed by atoms with E-state index in [1.54, 1.807) is 0 Å². The van der Waals surface area contributed by atoms with E-state index in [2.05, 4.69) is 19.2 Å². The van der Waals surface area contributed by atoms with Crippen molar-refractivity contribution in [1.82, 2.24) is 5.32 Å². The molecule has 2 aliphatic rings. The van der Waals surface area contributed by atoms with E-state index in [-0.39, 0.29) is 0 Å². The van der Waals surface area contributed by atoms with Gasteiger partial charge in [-0.3, -0.25) is 0 Å². The lowest BCUT2D eigenvalue weighted by Crippen LogP contribution is -2.36. The summed E-state index contributed by atoms with van der Waals surface area (Å²) in [6, 6.07) is 0.835. The van der Waals surface area contributed by atoms with E-state index in [9.17, 15) is 0 Å². The summed E-state index contributed by atoms with van der Waals surface area (Å²) in [5.41, 5.74) is 0. The molecule has 0 aliphatic heterocycles. The van der Waals surface area contributed by atoms with Crippen LogP contribution in [-0.2, 0) is 0 Å². The van der Waals surface area contributed by atoms with Gasteiger partial charge in [-0.15, -0.1) is 0 Å². The van der Waals surface area contributed by atoms with Crippen LogP contribution in [0.25, 0.3) is 0 Å². The molecule has 0 aromatic carbocycles. The highest BCUT2D eigenvalue weighted by Gasteiger charge is 2.25. The summed E-state index contributed by atoms with van der Waals surface area (Å²) >= 11 is 0. The van der Waals surface area contributed by atoms with Crippen molar-refractivity contribution in [3.05, 3.63) is 0 Å². The first-order chi connectivity index (χ1) is 7.25. The largest absolute Gasteiger partial charge is 0.313 e. The molecule has 2 rings (SSSR count). The summed E-state index contributed by atoms with van der Waals surface area (Å²) in [5, 5.41) is 3.82. The summed E-state index contributed by atoms with van der Waals surface area (Å²) < 4.78 is 0. The maximum Gasteiger partial charge on any atom is 0.00928 e. The SMILES string of the molecule is CC1CCCC(CNC2CCCC2C)C1. The molecule has 4 unspecified atom stereocenters. The van der Waals surface area contributed by atoms with E-state index in [1.165, 1.54) is 51.5 Å². The molecule has 1 nitrogen and oxygen atoms in total. The van der Waals surface area contributed by atoms with Crippen molar-refractivity contribution in [3.8, 4) is 0 Å². The Balaban J connectivity index is 1.68. The van der Waals surface area contributed by atoms with Gasteiger partial charge < -0.3 is 5.32 Å². The highest BCUT2D eigenvalue weighted by Crippen LogP contribution is 2.29. The molecule has 0 aromatic rings. The van der Waals surface area contributed by atoms with Gasteiger partial charge in [-0.1, -0.05) is 33.1 Å². The molecule has 0 radical (unpaired) electrons. The third-order valence-electron chi connectivity index (χ3n) is 4.58. The predicted octanol–water partition coefficient (Wildman–Crippen LogP) is 3.59. The van der Waals surface area contributed by atoms with Crippen molar-refractivity contribution in [1.29, 1.82) is 0 Å². The molecule has 2 fully saturated rings. The average Bonchev–Trinajstić information content (AvgIpc) is 2.61. The Bertz CT molecular complexity index is 190. The Morgan fingerprint density at radius 3 is 2.47 bits per heavy atom. The molecule has 1 heteroatoms. The summed E-state index contributed by atoms with van der Waals surface area (Å²) in [6.45, 7) is 6.12. The molecule has 0 bridgehead atoms. The van der Waals surface area contributed by atoms with Gasteiger partial charge in [-0.25, -0.2) is 0 Å². The minimum Gasteiger partial charge on any atom is -0.313 e. The molecule has 2 saturated carbocycles. The molecule has 0 heterocycles. The molecule has 0 saturated heterocycles. The number of hydrogen-bond acceptors (Lipinski definition) is 1. The quantitative estimate of drug-likeness (QED) is 0.749. The van der Waals surface area contributed by atoms with Gasteiger partial charge in [0.05, 0.1) is 0 Å². The predicted molar refractivity (Wildman–Crippen MR) is 65.9 cm³/mol. The Kier molecular flexibility index (Phi) is 4.07. The molecule has 88 valence electrons. The zero-order valence-corrected chi connectivity index (χ0v) is 10.5. The van der Waals surface area contributed by atoms with Gasteiger partial charge in [0.25, 0.3) is 0 Å². The zero-order valence-electron chi connectivity index (χ0n) is 10.5. The molecule has 0 spiro atoms. The van der Waals surface area contributed by atoms with Gasteiger partial charge in [0, 0.05) is 6.04 Å². The van der Waals surface area contributed by atoms with E-state index in [0.717, 1.165) is 23.8 Å². The number of nitrogens with one attached hydrogen (secondary N) is 1. The highest BCUT2D eigenvalue weighted by atomic mass is 14.9. The summed E-state index contributed by atoms with van der Waals surface area (Å²) in [5.74, 6) is 2.87. The smallest absolute Gasteiger partial charge is 0.00928 e.